The van der Waals surface area contributed by atoms with Gasteiger partial charge >= 0.3 is 0 Å². The van der Waals surface area contributed by atoms with Gasteiger partial charge in [-0.3, -0.25) is 0 Å². The molecule has 0 unspecified atom stereocenters. The Kier molecular flexibility index (Phi) is 3.66. The standard InChI is InChI=1S/C12H18ClN3/c1-14-7-11-10(13)5-6-12(15-11)16(2)8-9-3-4-9/h5-6,9,14H,3-4,7-8H2,1-2H3. The molecular formula is C12H18ClN3. The van der Waals surface area contributed by atoms with Crippen LogP contribution in [0, 0.1) is 5.92 Å². The molecule has 1 fully saturated rings. The molecule has 1 heterocycles. The summed E-state index contributed by atoms with van der Waals surface area (Å²) in [6.07, 6.45) is 2.72. The Labute approximate surface area is 102 Å². The van der Waals surface area contributed by atoms with Crippen molar-refractivity contribution in [1.82, 2.24) is 10.3 Å². The van der Waals surface area contributed by atoms with E-state index in [0.717, 1.165) is 29.0 Å². The maximum absolute atomic E-state index is 6.08. The van der Waals surface area contributed by atoms with Gasteiger partial charge in [-0.05, 0) is 37.9 Å². The van der Waals surface area contributed by atoms with E-state index >= 15 is 0 Å². The van der Waals surface area contributed by atoms with Gasteiger partial charge in [0.25, 0.3) is 0 Å². The van der Waals surface area contributed by atoms with Crippen molar-refractivity contribution in [1.29, 1.82) is 0 Å². The Morgan fingerprint density at radius 3 is 2.88 bits per heavy atom. The zero-order chi connectivity index (χ0) is 11.5. The Morgan fingerprint density at radius 1 is 1.50 bits per heavy atom. The highest BCUT2D eigenvalue weighted by Crippen LogP contribution is 2.30. The average Bonchev–Trinajstić information content (AvgIpc) is 3.05. The molecule has 0 aliphatic heterocycles. The minimum atomic E-state index is 0.712. The summed E-state index contributed by atoms with van der Waals surface area (Å²) in [5.74, 6) is 1.89. The summed E-state index contributed by atoms with van der Waals surface area (Å²) in [7, 11) is 4.00. The van der Waals surface area contributed by atoms with Crippen molar-refractivity contribution < 1.29 is 0 Å². The van der Waals surface area contributed by atoms with Crippen LogP contribution in [0.25, 0.3) is 0 Å². The number of halogens is 1. The van der Waals surface area contributed by atoms with Gasteiger partial charge in [0.05, 0.1) is 10.7 Å². The van der Waals surface area contributed by atoms with E-state index in [9.17, 15) is 0 Å². The molecule has 1 aromatic rings. The zero-order valence-electron chi connectivity index (χ0n) is 9.83. The van der Waals surface area contributed by atoms with Crippen LogP contribution in [-0.2, 0) is 6.54 Å². The van der Waals surface area contributed by atoms with Crippen molar-refractivity contribution in [3.05, 3.63) is 22.8 Å². The lowest BCUT2D eigenvalue weighted by Crippen LogP contribution is -2.22. The van der Waals surface area contributed by atoms with Crippen LogP contribution in [-0.4, -0.2) is 25.6 Å². The van der Waals surface area contributed by atoms with Crippen molar-refractivity contribution in [2.45, 2.75) is 19.4 Å². The smallest absolute Gasteiger partial charge is 0.128 e. The van der Waals surface area contributed by atoms with E-state index in [4.69, 9.17) is 11.6 Å². The van der Waals surface area contributed by atoms with Crippen molar-refractivity contribution >= 4 is 17.4 Å². The molecular weight excluding hydrogens is 222 g/mol. The van der Waals surface area contributed by atoms with Gasteiger partial charge in [-0.2, -0.15) is 0 Å². The van der Waals surface area contributed by atoms with Gasteiger partial charge in [-0.15, -0.1) is 0 Å². The lowest BCUT2D eigenvalue weighted by atomic mass is 10.3. The highest BCUT2D eigenvalue weighted by Gasteiger charge is 2.23. The second-order valence-corrected chi connectivity index (χ2v) is 4.86. The van der Waals surface area contributed by atoms with Gasteiger partial charge in [-0.25, -0.2) is 4.98 Å². The maximum atomic E-state index is 6.08. The van der Waals surface area contributed by atoms with Gasteiger partial charge in [0.15, 0.2) is 0 Å². The number of rotatable bonds is 5. The minimum absolute atomic E-state index is 0.712. The summed E-state index contributed by atoms with van der Waals surface area (Å²) < 4.78 is 0. The van der Waals surface area contributed by atoms with E-state index in [0.29, 0.717) is 6.54 Å². The predicted octanol–water partition coefficient (Wildman–Crippen LogP) is 2.30. The molecule has 0 amide bonds. The molecule has 0 aromatic carbocycles. The Hall–Kier alpha value is -0.800. The van der Waals surface area contributed by atoms with Gasteiger partial charge < -0.3 is 10.2 Å². The third-order valence-corrected chi connectivity index (χ3v) is 3.21. The van der Waals surface area contributed by atoms with E-state index in [1.807, 2.05) is 19.2 Å². The van der Waals surface area contributed by atoms with Crippen molar-refractivity contribution in [2.75, 3.05) is 25.5 Å². The molecule has 1 aromatic heterocycles. The first-order valence-electron chi connectivity index (χ1n) is 5.72. The largest absolute Gasteiger partial charge is 0.359 e. The quantitative estimate of drug-likeness (QED) is 0.855. The number of anilines is 1. The molecule has 0 saturated heterocycles. The van der Waals surface area contributed by atoms with Crippen molar-refractivity contribution in [3.63, 3.8) is 0 Å². The number of hydrogen-bond acceptors (Lipinski definition) is 3. The summed E-state index contributed by atoms with van der Waals surface area (Å²) in [4.78, 5) is 6.79. The van der Waals surface area contributed by atoms with Crippen LogP contribution in [0.2, 0.25) is 5.02 Å². The lowest BCUT2D eigenvalue weighted by Gasteiger charge is -2.18. The second kappa shape index (κ2) is 5.02. The molecule has 1 saturated carbocycles. The zero-order valence-corrected chi connectivity index (χ0v) is 10.6. The second-order valence-electron chi connectivity index (χ2n) is 4.45. The highest BCUT2D eigenvalue weighted by molar-refractivity contribution is 6.31. The van der Waals surface area contributed by atoms with Crippen LogP contribution in [0.1, 0.15) is 18.5 Å². The van der Waals surface area contributed by atoms with Gasteiger partial charge in [-0.1, -0.05) is 11.6 Å². The monoisotopic (exact) mass is 239 g/mol. The first-order valence-corrected chi connectivity index (χ1v) is 6.09. The van der Waals surface area contributed by atoms with E-state index in [1.165, 1.54) is 12.8 Å². The molecule has 3 nitrogen and oxygen atoms in total. The molecule has 0 spiro atoms. The molecule has 2 rings (SSSR count). The first-order chi connectivity index (χ1) is 7.70. The van der Waals surface area contributed by atoms with Crippen LogP contribution in [0.4, 0.5) is 5.82 Å². The Morgan fingerprint density at radius 2 is 2.25 bits per heavy atom. The molecule has 0 atom stereocenters. The SMILES string of the molecule is CNCc1nc(N(C)CC2CC2)ccc1Cl. The summed E-state index contributed by atoms with van der Waals surface area (Å²) in [5.41, 5.74) is 0.921. The summed E-state index contributed by atoms with van der Waals surface area (Å²) >= 11 is 6.08. The van der Waals surface area contributed by atoms with E-state index < -0.39 is 0 Å². The Bertz CT molecular complexity index is 363. The fraction of sp³-hybridized carbons (Fsp3) is 0.583. The minimum Gasteiger partial charge on any atom is -0.359 e. The predicted molar refractivity (Wildman–Crippen MR) is 68.0 cm³/mol. The summed E-state index contributed by atoms with van der Waals surface area (Å²) in [5, 5.41) is 3.81. The average molecular weight is 240 g/mol. The fourth-order valence-electron chi connectivity index (χ4n) is 1.76. The summed E-state index contributed by atoms with van der Waals surface area (Å²) in [6, 6.07) is 3.92. The van der Waals surface area contributed by atoms with E-state index in [-0.39, 0.29) is 0 Å². The molecule has 1 aliphatic carbocycles. The third kappa shape index (κ3) is 2.86. The van der Waals surface area contributed by atoms with Gasteiger partial charge in [0.1, 0.15) is 5.82 Å². The van der Waals surface area contributed by atoms with E-state index in [2.05, 4.69) is 22.2 Å². The highest BCUT2D eigenvalue weighted by atomic mass is 35.5. The van der Waals surface area contributed by atoms with Crippen molar-refractivity contribution in [2.24, 2.45) is 5.92 Å². The van der Waals surface area contributed by atoms with Crippen LogP contribution in [0.15, 0.2) is 12.1 Å². The number of aromatic nitrogens is 1. The Balaban J connectivity index is 2.10. The topological polar surface area (TPSA) is 28.2 Å². The molecule has 16 heavy (non-hydrogen) atoms. The number of hydrogen-bond donors (Lipinski definition) is 1. The normalized spacial score (nSPS) is 15.2. The van der Waals surface area contributed by atoms with Crippen LogP contribution >= 0.6 is 11.6 Å². The molecule has 1 N–H and O–H groups in total. The maximum Gasteiger partial charge on any atom is 0.128 e. The van der Waals surface area contributed by atoms with Crippen molar-refractivity contribution in [3.8, 4) is 0 Å². The van der Waals surface area contributed by atoms with Gasteiger partial charge in [0.2, 0.25) is 0 Å². The molecule has 1 aliphatic rings. The third-order valence-electron chi connectivity index (χ3n) is 2.87. The van der Waals surface area contributed by atoms with E-state index in [1.54, 1.807) is 0 Å². The lowest BCUT2D eigenvalue weighted by molar-refractivity contribution is 0.758. The molecule has 88 valence electrons. The van der Waals surface area contributed by atoms with Crippen LogP contribution < -0.4 is 10.2 Å². The molecule has 4 heteroatoms. The number of pyridine rings is 1. The van der Waals surface area contributed by atoms with Crippen LogP contribution in [0.5, 0.6) is 0 Å². The first kappa shape index (κ1) is 11.7. The summed E-state index contributed by atoms with van der Waals surface area (Å²) in [6.45, 7) is 1.82. The fourth-order valence-corrected chi connectivity index (χ4v) is 1.93. The van der Waals surface area contributed by atoms with Crippen LogP contribution in [0.3, 0.4) is 0 Å². The van der Waals surface area contributed by atoms with Gasteiger partial charge in [0, 0.05) is 20.1 Å². The molecule has 0 bridgehead atoms. The molecule has 0 radical (unpaired) electrons. The number of nitrogens with zero attached hydrogens (tertiary/aromatic N) is 2. The number of nitrogens with one attached hydrogen (secondary N) is 1.